The normalized spacial score (nSPS) is 42.7. The Labute approximate surface area is 60.6 Å². The Kier molecular flexibility index (Phi) is 1.68. The van der Waals surface area contributed by atoms with Crippen LogP contribution in [-0.4, -0.2) is 23.6 Å². The van der Waals surface area contributed by atoms with Crippen LogP contribution in [0.5, 0.6) is 0 Å². The summed E-state index contributed by atoms with van der Waals surface area (Å²) < 4.78 is 0. The fourth-order valence-corrected chi connectivity index (χ4v) is 3.15. The molecule has 2 aliphatic rings. The third kappa shape index (κ3) is 1.10. The lowest BCUT2D eigenvalue weighted by Gasteiger charge is -2.25. The number of nitrogens with one attached hydrogen (secondary N) is 1. The Morgan fingerprint density at radius 2 is 2.33 bits per heavy atom. The fourth-order valence-electron chi connectivity index (χ4n) is 1.81. The summed E-state index contributed by atoms with van der Waals surface area (Å²) in [4.78, 5) is 0. The second-order valence-corrected chi connectivity index (χ2v) is 4.25. The van der Waals surface area contributed by atoms with E-state index < -0.39 is 0 Å². The van der Waals surface area contributed by atoms with Gasteiger partial charge in [0, 0.05) is 23.6 Å². The van der Waals surface area contributed by atoms with Crippen LogP contribution in [0, 0.1) is 0 Å². The molecule has 1 N–H and O–H groups in total. The van der Waals surface area contributed by atoms with Crippen molar-refractivity contribution in [2.75, 3.05) is 12.3 Å². The lowest BCUT2D eigenvalue weighted by Crippen LogP contribution is -2.40. The summed E-state index contributed by atoms with van der Waals surface area (Å²) in [5, 5.41) is 4.53. The van der Waals surface area contributed by atoms with Gasteiger partial charge < -0.3 is 5.32 Å². The van der Waals surface area contributed by atoms with Crippen molar-refractivity contribution in [3.05, 3.63) is 0 Å². The van der Waals surface area contributed by atoms with Gasteiger partial charge in [-0.2, -0.15) is 11.8 Å². The van der Waals surface area contributed by atoms with Gasteiger partial charge in [0.2, 0.25) is 0 Å². The van der Waals surface area contributed by atoms with Crippen LogP contribution in [0.2, 0.25) is 0 Å². The van der Waals surface area contributed by atoms with Gasteiger partial charge in [0.05, 0.1) is 0 Å². The number of fused-ring (bicyclic) bond motifs is 1. The summed E-state index contributed by atoms with van der Waals surface area (Å²) in [6.07, 6.45) is 4.34. The molecule has 0 amide bonds. The average molecular weight is 143 g/mol. The van der Waals surface area contributed by atoms with Crippen LogP contribution >= 0.6 is 11.8 Å². The molecular weight excluding hydrogens is 130 g/mol. The van der Waals surface area contributed by atoms with E-state index in [2.05, 4.69) is 17.1 Å². The van der Waals surface area contributed by atoms with Crippen molar-refractivity contribution in [3.8, 4) is 0 Å². The molecule has 1 saturated carbocycles. The molecule has 0 aromatic carbocycles. The van der Waals surface area contributed by atoms with E-state index in [-0.39, 0.29) is 0 Å². The number of thioether (sulfide) groups is 1. The lowest BCUT2D eigenvalue weighted by molar-refractivity contribution is 0.539. The maximum absolute atomic E-state index is 3.56. The molecular formula is C7H13NS. The molecule has 1 heterocycles. The van der Waals surface area contributed by atoms with Gasteiger partial charge in [0.15, 0.2) is 0 Å². The molecule has 1 aliphatic heterocycles. The van der Waals surface area contributed by atoms with E-state index in [1.165, 1.54) is 31.6 Å². The highest BCUT2D eigenvalue weighted by Crippen LogP contribution is 2.31. The number of hydrogen-bond donors (Lipinski definition) is 1. The van der Waals surface area contributed by atoms with E-state index in [0.717, 1.165) is 11.3 Å². The van der Waals surface area contributed by atoms with Crippen molar-refractivity contribution in [1.29, 1.82) is 0 Å². The minimum absolute atomic E-state index is 0.878. The molecule has 9 heavy (non-hydrogen) atoms. The highest BCUT2D eigenvalue weighted by molar-refractivity contribution is 8.00. The van der Waals surface area contributed by atoms with Crippen LogP contribution in [0.1, 0.15) is 19.3 Å². The summed E-state index contributed by atoms with van der Waals surface area (Å²) in [5.74, 6) is 1.33. The van der Waals surface area contributed by atoms with Gasteiger partial charge in [0.1, 0.15) is 0 Å². The zero-order valence-corrected chi connectivity index (χ0v) is 6.41. The van der Waals surface area contributed by atoms with Crippen molar-refractivity contribution in [2.24, 2.45) is 0 Å². The Hall–Kier alpha value is 0.310. The quantitative estimate of drug-likeness (QED) is 0.547. The predicted octanol–water partition coefficient (Wildman–Crippen LogP) is 1.24. The summed E-state index contributed by atoms with van der Waals surface area (Å²) in [6.45, 7) is 1.24. The molecule has 0 unspecified atom stereocenters. The largest absolute Gasteiger partial charge is 0.312 e. The third-order valence-corrected chi connectivity index (χ3v) is 3.73. The highest BCUT2D eigenvalue weighted by atomic mass is 32.2. The molecule has 2 heteroatoms. The molecule has 2 atom stereocenters. The predicted molar refractivity (Wildman–Crippen MR) is 41.9 cm³/mol. The first-order chi connectivity index (χ1) is 4.47. The average Bonchev–Trinajstić information content (AvgIpc) is 2.33. The van der Waals surface area contributed by atoms with E-state index in [1.807, 2.05) is 0 Å². The smallest absolute Gasteiger partial charge is 0.0201 e. The maximum Gasteiger partial charge on any atom is 0.0201 e. The Bertz CT molecular complexity index is 93.1. The van der Waals surface area contributed by atoms with Gasteiger partial charge in [-0.15, -0.1) is 0 Å². The first kappa shape index (κ1) is 6.05. The molecule has 0 spiro atoms. The minimum Gasteiger partial charge on any atom is -0.312 e. The second-order valence-electron chi connectivity index (χ2n) is 2.90. The summed E-state index contributed by atoms with van der Waals surface area (Å²) >= 11 is 2.17. The molecule has 1 saturated heterocycles. The number of hydrogen-bond acceptors (Lipinski definition) is 2. The first-order valence-electron chi connectivity index (χ1n) is 3.82. The van der Waals surface area contributed by atoms with Crippen molar-refractivity contribution < 1.29 is 0 Å². The molecule has 0 bridgehead atoms. The third-order valence-electron chi connectivity index (χ3n) is 2.29. The van der Waals surface area contributed by atoms with Crippen LogP contribution in [0.3, 0.4) is 0 Å². The molecule has 0 aromatic rings. The van der Waals surface area contributed by atoms with Gasteiger partial charge in [-0.25, -0.2) is 0 Å². The molecule has 1 aliphatic carbocycles. The maximum atomic E-state index is 3.56. The summed E-state index contributed by atoms with van der Waals surface area (Å²) in [7, 11) is 0. The van der Waals surface area contributed by atoms with Crippen LogP contribution in [0.15, 0.2) is 0 Å². The Morgan fingerprint density at radius 3 is 3.22 bits per heavy atom. The second kappa shape index (κ2) is 2.51. The van der Waals surface area contributed by atoms with Crippen molar-refractivity contribution in [2.45, 2.75) is 30.6 Å². The summed E-state index contributed by atoms with van der Waals surface area (Å²) in [6, 6.07) is 0.878. The van der Waals surface area contributed by atoms with Gasteiger partial charge in [0.25, 0.3) is 0 Å². The van der Waals surface area contributed by atoms with E-state index in [1.54, 1.807) is 0 Å². The highest BCUT2D eigenvalue weighted by Gasteiger charge is 2.29. The monoisotopic (exact) mass is 143 g/mol. The van der Waals surface area contributed by atoms with E-state index >= 15 is 0 Å². The van der Waals surface area contributed by atoms with E-state index in [0.29, 0.717) is 0 Å². The first-order valence-corrected chi connectivity index (χ1v) is 4.87. The molecule has 0 radical (unpaired) electrons. The molecule has 1 nitrogen and oxygen atoms in total. The topological polar surface area (TPSA) is 12.0 Å². The standard InChI is InChI=1S/C7H13NS/c1-2-6-7(3-1)9-5-4-8-6/h6-8H,1-5H2/t6-,7+/m0/s1. The lowest BCUT2D eigenvalue weighted by atomic mass is 10.2. The Balaban J connectivity index is 1.97. The summed E-state index contributed by atoms with van der Waals surface area (Å²) in [5.41, 5.74) is 0. The van der Waals surface area contributed by atoms with Crippen LogP contribution in [0.4, 0.5) is 0 Å². The zero-order valence-electron chi connectivity index (χ0n) is 5.60. The van der Waals surface area contributed by atoms with Crippen molar-refractivity contribution in [1.82, 2.24) is 5.32 Å². The Morgan fingerprint density at radius 1 is 1.33 bits per heavy atom. The van der Waals surface area contributed by atoms with Crippen molar-refractivity contribution >= 4 is 11.8 Å². The zero-order chi connectivity index (χ0) is 6.10. The van der Waals surface area contributed by atoms with Crippen LogP contribution < -0.4 is 5.32 Å². The number of rotatable bonds is 0. The SMILES string of the molecule is C1C[C@@H]2NCCS[C@@H]2C1. The molecule has 0 aromatic heterocycles. The van der Waals surface area contributed by atoms with Crippen molar-refractivity contribution in [3.63, 3.8) is 0 Å². The molecule has 2 fully saturated rings. The van der Waals surface area contributed by atoms with E-state index in [9.17, 15) is 0 Å². The van der Waals surface area contributed by atoms with Crippen LogP contribution in [-0.2, 0) is 0 Å². The molecule has 2 rings (SSSR count). The fraction of sp³-hybridized carbons (Fsp3) is 1.00. The van der Waals surface area contributed by atoms with Gasteiger partial charge in [-0.05, 0) is 12.8 Å². The van der Waals surface area contributed by atoms with Crippen LogP contribution in [0.25, 0.3) is 0 Å². The molecule has 52 valence electrons. The van der Waals surface area contributed by atoms with Gasteiger partial charge in [-0.1, -0.05) is 6.42 Å². The van der Waals surface area contributed by atoms with Gasteiger partial charge >= 0.3 is 0 Å². The van der Waals surface area contributed by atoms with Gasteiger partial charge in [-0.3, -0.25) is 0 Å². The minimum atomic E-state index is 0.878. The van der Waals surface area contributed by atoms with E-state index in [4.69, 9.17) is 0 Å².